The Morgan fingerprint density at radius 3 is 2.21 bits per heavy atom. The molecule has 0 aliphatic heterocycles. The van der Waals surface area contributed by atoms with Crippen molar-refractivity contribution < 1.29 is 4.74 Å². The van der Waals surface area contributed by atoms with Crippen LogP contribution in [0.4, 0.5) is 0 Å². The molecule has 70 valence electrons. The summed E-state index contributed by atoms with van der Waals surface area (Å²) in [5.41, 5.74) is 0. The third kappa shape index (κ3) is 2.30. The summed E-state index contributed by atoms with van der Waals surface area (Å²) in [5, 5.41) is 0. The molecule has 0 saturated carbocycles. The second-order valence-corrected chi connectivity index (χ2v) is 3.43. The smallest absolute Gasteiger partial charge is 0.128 e. The summed E-state index contributed by atoms with van der Waals surface area (Å²) in [4.78, 5) is 0.901. The molecule has 1 nitrogen and oxygen atoms in total. The molecule has 0 spiro atoms. The van der Waals surface area contributed by atoms with Crippen LogP contribution in [0, 0.1) is 0 Å². The Kier molecular flexibility index (Phi) is 2.75. The summed E-state index contributed by atoms with van der Waals surface area (Å²) >= 11 is 4.24. The van der Waals surface area contributed by atoms with Crippen molar-refractivity contribution >= 4 is 12.6 Å². The van der Waals surface area contributed by atoms with Gasteiger partial charge in [0.25, 0.3) is 0 Å². The SMILES string of the molecule is Sc1cccc(Oc2ccccc2)c1. The number of thiol groups is 1. The minimum Gasteiger partial charge on any atom is -0.457 e. The van der Waals surface area contributed by atoms with E-state index < -0.39 is 0 Å². The van der Waals surface area contributed by atoms with Gasteiger partial charge in [-0.3, -0.25) is 0 Å². The lowest BCUT2D eigenvalue weighted by Gasteiger charge is -2.04. The first-order valence-electron chi connectivity index (χ1n) is 4.36. The van der Waals surface area contributed by atoms with Crippen LogP contribution in [-0.2, 0) is 0 Å². The maximum absolute atomic E-state index is 5.61. The van der Waals surface area contributed by atoms with Gasteiger partial charge >= 0.3 is 0 Å². The second kappa shape index (κ2) is 4.20. The Balaban J connectivity index is 2.19. The Morgan fingerprint density at radius 2 is 1.50 bits per heavy atom. The van der Waals surface area contributed by atoms with Crippen LogP contribution < -0.4 is 4.74 Å². The van der Waals surface area contributed by atoms with Gasteiger partial charge in [0.1, 0.15) is 11.5 Å². The summed E-state index contributed by atoms with van der Waals surface area (Å²) in [6.45, 7) is 0. The molecule has 0 bridgehead atoms. The van der Waals surface area contributed by atoms with Gasteiger partial charge in [-0.25, -0.2) is 0 Å². The van der Waals surface area contributed by atoms with Crippen LogP contribution in [0.2, 0.25) is 0 Å². The standard InChI is InChI=1S/C12H10OS/c14-12-8-4-7-11(9-12)13-10-5-2-1-3-6-10/h1-9,14H. The third-order valence-electron chi connectivity index (χ3n) is 1.80. The monoisotopic (exact) mass is 202 g/mol. The molecular formula is C12H10OS. The summed E-state index contributed by atoms with van der Waals surface area (Å²) in [7, 11) is 0. The lowest BCUT2D eigenvalue weighted by atomic mass is 10.3. The number of rotatable bonds is 2. The molecule has 0 aliphatic carbocycles. The summed E-state index contributed by atoms with van der Waals surface area (Å²) in [5.74, 6) is 1.65. The molecule has 0 aliphatic rings. The number of hydrogen-bond donors (Lipinski definition) is 1. The normalized spacial score (nSPS) is 9.79. The minimum atomic E-state index is 0.809. The van der Waals surface area contributed by atoms with E-state index in [4.69, 9.17) is 4.74 Å². The molecular weight excluding hydrogens is 192 g/mol. The lowest BCUT2D eigenvalue weighted by Crippen LogP contribution is -1.82. The molecule has 2 heteroatoms. The fourth-order valence-corrected chi connectivity index (χ4v) is 1.38. The predicted molar refractivity (Wildman–Crippen MR) is 60.2 cm³/mol. The quantitative estimate of drug-likeness (QED) is 0.729. The second-order valence-electron chi connectivity index (χ2n) is 2.91. The van der Waals surface area contributed by atoms with E-state index in [1.807, 2.05) is 54.6 Å². The highest BCUT2D eigenvalue weighted by Crippen LogP contribution is 2.22. The van der Waals surface area contributed by atoms with Gasteiger partial charge in [-0.05, 0) is 30.3 Å². The molecule has 0 aromatic heterocycles. The van der Waals surface area contributed by atoms with Gasteiger partial charge in [-0.1, -0.05) is 24.3 Å². The fraction of sp³-hybridized carbons (Fsp3) is 0. The van der Waals surface area contributed by atoms with Gasteiger partial charge in [0.05, 0.1) is 0 Å². The molecule has 14 heavy (non-hydrogen) atoms. The van der Waals surface area contributed by atoms with Crippen molar-refractivity contribution in [3.63, 3.8) is 0 Å². The first-order chi connectivity index (χ1) is 6.84. The van der Waals surface area contributed by atoms with Crippen molar-refractivity contribution in [3.8, 4) is 11.5 Å². The highest BCUT2D eigenvalue weighted by atomic mass is 32.1. The molecule has 0 saturated heterocycles. The van der Waals surface area contributed by atoms with Crippen LogP contribution in [0.1, 0.15) is 0 Å². The molecule has 2 rings (SSSR count). The van der Waals surface area contributed by atoms with Gasteiger partial charge < -0.3 is 4.74 Å². The average molecular weight is 202 g/mol. The van der Waals surface area contributed by atoms with E-state index in [9.17, 15) is 0 Å². The van der Waals surface area contributed by atoms with Crippen LogP contribution in [0.5, 0.6) is 11.5 Å². The van der Waals surface area contributed by atoms with Crippen LogP contribution in [0.15, 0.2) is 59.5 Å². The summed E-state index contributed by atoms with van der Waals surface area (Å²) in [6, 6.07) is 17.3. The Bertz CT molecular complexity index is 412. The summed E-state index contributed by atoms with van der Waals surface area (Å²) in [6.07, 6.45) is 0. The third-order valence-corrected chi connectivity index (χ3v) is 2.07. The zero-order valence-corrected chi connectivity index (χ0v) is 8.45. The van der Waals surface area contributed by atoms with Crippen LogP contribution in [0.25, 0.3) is 0 Å². The highest BCUT2D eigenvalue weighted by Gasteiger charge is 1.95. The maximum atomic E-state index is 5.61. The summed E-state index contributed by atoms with van der Waals surface area (Å²) < 4.78 is 5.61. The van der Waals surface area contributed by atoms with E-state index in [-0.39, 0.29) is 0 Å². The topological polar surface area (TPSA) is 9.23 Å². The first kappa shape index (κ1) is 9.16. The Hall–Kier alpha value is -1.41. The van der Waals surface area contributed by atoms with Crippen molar-refractivity contribution in [1.82, 2.24) is 0 Å². The van der Waals surface area contributed by atoms with Crippen LogP contribution in [-0.4, -0.2) is 0 Å². The average Bonchev–Trinajstić information content (AvgIpc) is 2.19. The molecule has 0 radical (unpaired) electrons. The number of benzene rings is 2. The van der Waals surface area contributed by atoms with Crippen LogP contribution in [0.3, 0.4) is 0 Å². The highest BCUT2D eigenvalue weighted by molar-refractivity contribution is 7.80. The van der Waals surface area contributed by atoms with E-state index in [0.717, 1.165) is 16.4 Å². The van der Waals surface area contributed by atoms with Gasteiger partial charge in [-0.15, -0.1) is 12.6 Å². The molecule has 0 heterocycles. The van der Waals surface area contributed by atoms with Crippen LogP contribution >= 0.6 is 12.6 Å². The molecule has 2 aromatic rings. The van der Waals surface area contributed by atoms with E-state index in [1.165, 1.54) is 0 Å². The number of para-hydroxylation sites is 1. The molecule has 0 N–H and O–H groups in total. The van der Waals surface area contributed by atoms with Crippen molar-refractivity contribution in [2.45, 2.75) is 4.90 Å². The van der Waals surface area contributed by atoms with E-state index in [1.54, 1.807) is 0 Å². The van der Waals surface area contributed by atoms with Gasteiger partial charge in [0.2, 0.25) is 0 Å². The predicted octanol–water partition coefficient (Wildman–Crippen LogP) is 3.77. The van der Waals surface area contributed by atoms with Gasteiger partial charge in [0, 0.05) is 4.90 Å². The van der Waals surface area contributed by atoms with Crippen molar-refractivity contribution in [3.05, 3.63) is 54.6 Å². The number of hydrogen-bond acceptors (Lipinski definition) is 2. The van der Waals surface area contributed by atoms with Gasteiger partial charge in [-0.2, -0.15) is 0 Å². The van der Waals surface area contributed by atoms with E-state index >= 15 is 0 Å². The van der Waals surface area contributed by atoms with Gasteiger partial charge in [0.15, 0.2) is 0 Å². The Morgan fingerprint density at radius 1 is 0.786 bits per heavy atom. The lowest BCUT2D eigenvalue weighted by molar-refractivity contribution is 0.481. The largest absolute Gasteiger partial charge is 0.457 e. The first-order valence-corrected chi connectivity index (χ1v) is 4.81. The van der Waals surface area contributed by atoms with Crippen molar-refractivity contribution in [1.29, 1.82) is 0 Å². The fourth-order valence-electron chi connectivity index (χ4n) is 1.17. The molecule has 2 aromatic carbocycles. The van der Waals surface area contributed by atoms with Crippen molar-refractivity contribution in [2.75, 3.05) is 0 Å². The zero-order chi connectivity index (χ0) is 9.80. The van der Waals surface area contributed by atoms with E-state index in [2.05, 4.69) is 12.6 Å². The Labute approximate surface area is 88.8 Å². The number of ether oxygens (including phenoxy) is 1. The zero-order valence-electron chi connectivity index (χ0n) is 7.55. The molecule has 0 unspecified atom stereocenters. The molecule has 0 atom stereocenters. The molecule has 0 amide bonds. The van der Waals surface area contributed by atoms with E-state index in [0.29, 0.717) is 0 Å². The molecule has 0 fully saturated rings. The maximum Gasteiger partial charge on any atom is 0.128 e. The minimum absolute atomic E-state index is 0.809. The van der Waals surface area contributed by atoms with Crippen molar-refractivity contribution in [2.24, 2.45) is 0 Å².